The third-order valence-electron chi connectivity index (χ3n) is 3.44. The predicted octanol–water partition coefficient (Wildman–Crippen LogP) is 2.80. The Labute approximate surface area is 146 Å². The van der Waals surface area contributed by atoms with Crippen LogP contribution in [0, 0.1) is 6.92 Å². The van der Waals surface area contributed by atoms with Gasteiger partial charge in [-0.2, -0.15) is 0 Å². The standard InChI is InChI=1S/C15H16N4O3S2/c1-4-10(13(20)17-11-7-8(2)22-18-11)24-15-16-9-5-6-23-12(9)14(21)19(15)3/h5-7,10H,4H2,1-3H3,(H,17,18,20). The summed E-state index contributed by atoms with van der Waals surface area (Å²) in [6, 6.07) is 3.46. The number of aryl methyl sites for hydroxylation is 1. The lowest BCUT2D eigenvalue weighted by Crippen LogP contribution is -2.27. The van der Waals surface area contributed by atoms with Gasteiger partial charge in [-0.3, -0.25) is 14.2 Å². The zero-order valence-electron chi connectivity index (χ0n) is 13.4. The minimum atomic E-state index is -0.392. The Hall–Kier alpha value is -2.13. The van der Waals surface area contributed by atoms with Crippen molar-refractivity contribution in [2.24, 2.45) is 7.05 Å². The normalized spacial score (nSPS) is 12.5. The van der Waals surface area contributed by atoms with E-state index in [0.717, 1.165) is 0 Å². The number of rotatable bonds is 5. The van der Waals surface area contributed by atoms with Gasteiger partial charge in [0.2, 0.25) is 5.91 Å². The van der Waals surface area contributed by atoms with Crippen LogP contribution in [0.15, 0.2) is 32.0 Å². The molecule has 0 aliphatic carbocycles. The number of anilines is 1. The molecule has 9 heteroatoms. The van der Waals surface area contributed by atoms with Crippen LogP contribution in [0.5, 0.6) is 0 Å². The van der Waals surface area contributed by atoms with Crippen molar-refractivity contribution in [3.63, 3.8) is 0 Å². The molecule has 1 amide bonds. The van der Waals surface area contributed by atoms with E-state index in [9.17, 15) is 9.59 Å². The average molecular weight is 364 g/mol. The van der Waals surface area contributed by atoms with Crippen molar-refractivity contribution < 1.29 is 9.32 Å². The number of thiophene rings is 1. The van der Waals surface area contributed by atoms with Gasteiger partial charge in [-0.1, -0.05) is 23.8 Å². The first-order valence-electron chi connectivity index (χ1n) is 7.34. The summed E-state index contributed by atoms with van der Waals surface area (Å²) in [7, 11) is 1.67. The Morgan fingerprint density at radius 2 is 2.33 bits per heavy atom. The highest BCUT2D eigenvalue weighted by molar-refractivity contribution is 8.00. The fourth-order valence-corrected chi connectivity index (χ4v) is 3.94. The predicted molar refractivity (Wildman–Crippen MR) is 94.7 cm³/mol. The highest BCUT2D eigenvalue weighted by Crippen LogP contribution is 2.26. The molecule has 7 nitrogen and oxygen atoms in total. The number of amides is 1. The third kappa shape index (κ3) is 3.22. The van der Waals surface area contributed by atoms with Gasteiger partial charge in [0.1, 0.15) is 10.5 Å². The molecule has 3 heterocycles. The first-order valence-corrected chi connectivity index (χ1v) is 9.10. The van der Waals surface area contributed by atoms with E-state index in [1.807, 2.05) is 18.4 Å². The zero-order valence-corrected chi connectivity index (χ0v) is 15.0. The molecule has 126 valence electrons. The van der Waals surface area contributed by atoms with Gasteiger partial charge < -0.3 is 9.84 Å². The lowest BCUT2D eigenvalue weighted by atomic mass is 10.3. The van der Waals surface area contributed by atoms with E-state index in [4.69, 9.17) is 4.52 Å². The van der Waals surface area contributed by atoms with Crippen molar-refractivity contribution in [3.8, 4) is 0 Å². The molecule has 0 aliphatic rings. The minimum Gasteiger partial charge on any atom is -0.360 e. The van der Waals surface area contributed by atoms with Gasteiger partial charge >= 0.3 is 0 Å². The monoisotopic (exact) mass is 364 g/mol. The number of fused-ring (bicyclic) bond motifs is 1. The number of carbonyl (C=O) groups is 1. The SMILES string of the molecule is CCC(Sc1nc2ccsc2c(=O)n1C)C(=O)Nc1cc(C)on1. The van der Waals surface area contributed by atoms with Crippen LogP contribution < -0.4 is 10.9 Å². The van der Waals surface area contributed by atoms with Crippen molar-refractivity contribution in [2.45, 2.75) is 30.7 Å². The van der Waals surface area contributed by atoms with E-state index in [2.05, 4.69) is 15.5 Å². The number of nitrogens with one attached hydrogen (secondary N) is 1. The summed E-state index contributed by atoms with van der Waals surface area (Å²) in [5.74, 6) is 0.806. The largest absolute Gasteiger partial charge is 0.360 e. The first-order chi connectivity index (χ1) is 11.5. The molecular weight excluding hydrogens is 348 g/mol. The molecule has 0 fully saturated rings. The summed E-state index contributed by atoms with van der Waals surface area (Å²) in [6.45, 7) is 3.66. The highest BCUT2D eigenvalue weighted by Gasteiger charge is 2.22. The van der Waals surface area contributed by atoms with Crippen molar-refractivity contribution >= 4 is 45.0 Å². The average Bonchev–Trinajstić information content (AvgIpc) is 3.18. The van der Waals surface area contributed by atoms with Crippen molar-refractivity contribution in [3.05, 3.63) is 33.6 Å². The fraction of sp³-hybridized carbons (Fsp3) is 0.333. The van der Waals surface area contributed by atoms with Gasteiger partial charge in [0.25, 0.3) is 5.56 Å². The number of aromatic nitrogens is 3. The molecule has 0 bridgehead atoms. The second kappa shape index (κ2) is 6.78. The van der Waals surface area contributed by atoms with Crippen LogP contribution in [0.2, 0.25) is 0 Å². The number of nitrogens with zero attached hydrogens (tertiary/aromatic N) is 3. The Morgan fingerprint density at radius 1 is 1.54 bits per heavy atom. The van der Waals surface area contributed by atoms with Crippen molar-refractivity contribution in [2.75, 3.05) is 5.32 Å². The van der Waals surface area contributed by atoms with Crippen molar-refractivity contribution in [1.29, 1.82) is 0 Å². The molecule has 1 atom stereocenters. The van der Waals surface area contributed by atoms with Crippen LogP contribution in [0.1, 0.15) is 19.1 Å². The molecule has 0 radical (unpaired) electrons. The maximum absolute atomic E-state index is 12.4. The smallest absolute Gasteiger partial charge is 0.271 e. The minimum absolute atomic E-state index is 0.0973. The second-order valence-corrected chi connectivity index (χ2v) is 7.31. The van der Waals surface area contributed by atoms with E-state index >= 15 is 0 Å². The molecule has 3 rings (SSSR count). The Bertz CT molecular complexity index is 944. The molecule has 0 spiro atoms. The third-order valence-corrected chi connectivity index (χ3v) is 5.74. The second-order valence-electron chi connectivity index (χ2n) is 5.22. The number of thioether (sulfide) groups is 1. The number of carbonyl (C=O) groups excluding carboxylic acids is 1. The molecule has 0 aliphatic heterocycles. The number of hydrogen-bond acceptors (Lipinski definition) is 7. The summed E-state index contributed by atoms with van der Waals surface area (Å²) < 4.78 is 7.05. The maximum atomic E-state index is 12.4. The zero-order chi connectivity index (χ0) is 17.3. The Morgan fingerprint density at radius 3 is 3.00 bits per heavy atom. The van der Waals surface area contributed by atoms with Crippen LogP contribution in [0.25, 0.3) is 10.2 Å². The Kier molecular flexibility index (Phi) is 4.72. The van der Waals surface area contributed by atoms with E-state index < -0.39 is 5.25 Å². The van der Waals surface area contributed by atoms with Crippen LogP contribution in [-0.4, -0.2) is 25.9 Å². The lowest BCUT2D eigenvalue weighted by Gasteiger charge is -2.14. The summed E-state index contributed by atoms with van der Waals surface area (Å²) in [4.78, 5) is 29.3. The van der Waals surface area contributed by atoms with Crippen LogP contribution >= 0.6 is 23.1 Å². The molecule has 0 saturated carbocycles. The molecular formula is C15H16N4O3S2. The van der Waals surface area contributed by atoms with E-state index in [1.54, 1.807) is 20.0 Å². The molecule has 0 saturated heterocycles. The van der Waals surface area contributed by atoms with Gasteiger partial charge in [0.05, 0.1) is 10.8 Å². The van der Waals surface area contributed by atoms with E-state index in [0.29, 0.717) is 33.4 Å². The van der Waals surface area contributed by atoms with Crippen LogP contribution in [0.4, 0.5) is 5.82 Å². The summed E-state index contributed by atoms with van der Waals surface area (Å²) in [5, 5.41) is 8.45. The lowest BCUT2D eigenvalue weighted by molar-refractivity contribution is -0.115. The molecule has 0 aromatic carbocycles. The molecule has 1 N–H and O–H groups in total. The first kappa shape index (κ1) is 16.7. The van der Waals surface area contributed by atoms with Crippen LogP contribution in [0.3, 0.4) is 0 Å². The van der Waals surface area contributed by atoms with Crippen LogP contribution in [-0.2, 0) is 11.8 Å². The molecule has 3 aromatic rings. The Balaban J connectivity index is 1.83. The van der Waals surface area contributed by atoms with E-state index in [-0.39, 0.29) is 11.5 Å². The topological polar surface area (TPSA) is 90.0 Å². The number of hydrogen-bond donors (Lipinski definition) is 1. The molecule has 1 unspecified atom stereocenters. The van der Waals surface area contributed by atoms with E-state index in [1.165, 1.54) is 27.7 Å². The molecule has 24 heavy (non-hydrogen) atoms. The van der Waals surface area contributed by atoms with Gasteiger partial charge in [0, 0.05) is 13.1 Å². The van der Waals surface area contributed by atoms with Crippen molar-refractivity contribution in [1.82, 2.24) is 14.7 Å². The highest BCUT2D eigenvalue weighted by atomic mass is 32.2. The molecule has 3 aromatic heterocycles. The fourth-order valence-electron chi connectivity index (χ4n) is 2.15. The van der Waals surface area contributed by atoms with Gasteiger partial charge in [-0.25, -0.2) is 4.98 Å². The maximum Gasteiger partial charge on any atom is 0.271 e. The van der Waals surface area contributed by atoms with Gasteiger partial charge in [-0.15, -0.1) is 11.3 Å². The quantitative estimate of drug-likeness (QED) is 0.553. The summed E-state index contributed by atoms with van der Waals surface area (Å²) in [6.07, 6.45) is 0.588. The van der Waals surface area contributed by atoms with Gasteiger partial charge in [-0.05, 0) is 24.8 Å². The van der Waals surface area contributed by atoms with Gasteiger partial charge in [0.15, 0.2) is 11.0 Å². The summed E-state index contributed by atoms with van der Waals surface area (Å²) in [5.41, 5.74) is 0.563. The summed E-state index contributed by atoms with van der Waals surface area (Å²) >= 11 is 2.64.